The van der Waals surface area contributed by atoms with Gasteiger partial charge in [-0.05, 0) is 36.8 Å². The van der Waals surface area contributed by atoms with E-state index in [0.717, 1.165) is 24.3 Å². The summed E-state index contributed by atoms with van der Waals surface area (Å²) in [4.78, 5) is 12.2. The van der Waals surface area contributed by atoms with E-state index in [1.54, 1.807) is 0 Å². The Labute approximate surface area is 123 Å². The maximum atomic E-state index is 12.2. The lowest BCUT2D eigenvalue weighted by Crippen LogP contribution is -2.09. The molecular formula is C19H28O. The second kappa shape index (κ2) is 8.24. The van der Waals surface area contributed by atoms with Crippen molar-refractivity contribution in [3.8, 4) is 0 Å². The van der Waals surface area contributed by atoms with Crippen LogP contribution < -0.4 is 0 Å². The van der Waals surface area contributed by atoms with Gasteiger partial charge in [-0.15, -0.1) is 0 Å². The van der Waals surface area contributed by atoms with Crippen molar-refractivity contribution in [3.05, 3.63) is 35.4 Å². The van der Waals surface area contributed by atoms with Crippen LogP contribution in [-0.4, -0.2) is 5.78 Å². The standard InChI is InChI=1S/C19H28O/c1-2-3-4-5-6-7-14-19(20)18-13-9-12-17(15-18)16-10-8-11-16/h9,12-13,15-16H,2-8,10-11,14H2,1H3. The highest BCUT2D eigenvalue weighted by atomic mass is 16.1. The number of carbonyl (C=O) groups excluding carboxylic acids is 1. The molecule has 0 radical (unpaired) electrons. The lowest BCUT2D eigenvalue weighted by atomic mass is 9.79. The van der Waals surface area contributed by atoms with E-state index in [9.17, 15) is 4.79 Å². The molecule has 0 bridgehead atoms. The first kappa shape index (κ1) is 15.3. The van der Waals surface area contributed by atoms with Crippen LogP contribution in [-0.2, 0) is 0 Å². The van der Waals surface area contributed by atoms with Gasteiger partial charge in [-0.1, -0.05) is 63.6 Å². The molecule has 20 heavy (non-hydrogen) atoms. The minimum absolute atomic E-state index is 0.335. The summed E-state index contributed by atoms with van der Waals surface area (Å²) in [6.07, 6.45) is 12.1. The quantitative estimate of drug-likeness (QED) is 0.405. The maximum Gasteiger partial charge on any atom is 0.162 e. The van der Waals surface area contributed by atoms with Crippen molar-refractivity contribution in [1.82, 2.24) is 0 Å². The van der Waals surface area contributed by atoms with Gasteiger partial charge in [0.15, 0.2) is 5.78 Å². The van der Waals surface area contributed by atoms with Gasteiger partial charge in [0.2, 0.25) is 0 Å². The molecule has 1 saturated carbocycles. The highest BCUT2D eigenvalue weighted by molar-refractivity contribution is 5.96. The van der Waals surface area contributed by atoms with Crippen LogP contribution in [0.5, 0.6) is 0 Å². The zero-order valence-corrected chi connectivity index (χ0v) is 12.9. The van der Waals surface area contributed by atoms with Gasteiger partial charge in [-0.25, -0.2) is 0 Å². The molecule has 0 heterocycles. The molecule has 1 aromatic carbocycles. The molecule has 0 unspecified atom stereocenters. The minimum Gasteiger partial charge on any atom is -0.294 e. The summed E-state index contributed by atoms with van der Waals surface area (Å²) in [6.45, 7) is 2.23. The van der Waals surface area contributed by atoms with E-state index >= 15 is 0 Å². The fourth-order valence-electron chi connectivity index (χ4n) is 2.92. The summed E-state index contributed by atoms with van der Waals surface area (Å²) in [5, 5.41) is 0. The highest BCUT2D eigenvalue weighted by Gasteiger charge is 2.20. The third kappa shape index (κ3) is 4.47. The van der Waals surface area contributed by atoms with Crippen LogP contribution in [0.25, 0.3) is 0 Å². The third-order valence-electron chi connectivity index (χ3n) is 4.54. The van der Waals surface area contributed by atoms with Gasteiger partial charge in [0.05, 0.1) is 0 Å². The van der Waals surface area contributed by atoms with Crippen LogP contribution in [0.2, 0.25) is 0 Å². The maximum absolute atomic E-state index is 12.2. The molecule has 110 valence electrons. The van der Waals surface area contributed by atoms with Gasteiger partial charge in [0.25, 0.3) is 0 Å². The molecule has 1 heteroatoms. The van der Waals surface area contributed by atoms with E-state index in [2.05, 4.69) is 25.1 Å². The van der Waals surface area contributed by atoms with Crippen molar-refractivity contribution in [2.24, 2.45) is 0 Å². The Morgan fingerprint density at radius 2 is 1.85 bits per heavy atom. The fraction of sp³-hybridized carbons (Fsp3) is 0.632. The number of Topliss-reactive ketones (excluding diaryl/α,β-unsaturated/α-hetero) is 1. The largest absolute Gasteiger partial charge is 0.294 e. The summed E-state index contributed by atoms with van der Waals surface area (Å²) >= 11 is 0. The number of hydrogen-bond acceptors (Lipinski definition) is 1. The van der Waals surface area contributed by atoms with Gasteiger partial charge in [-0.2, -0.15) is 0 Å². The number of rotatable bonds is 9. The van der Waals surface area contributed by atoms with Crippen molar-refractivity contribution in [2.75, 3.05) is 0 Å². The van der Waals surface area contributed by atoms with Crippen molar-refractivity contribution < 1.29 is 4.79 Å². The van der Waals surface area contributed by atoms with Crippen LogP contribution in [0.4, 0.5) is 0 Å². The zero-order valence-electron chi connectivity index (χ0n) is 12.9. The molecule has 0 saturated heterocycles. The smallest absolute Gasteiger partial charge is 0.162 e. The van der Waals surface area contributed by atoms with E-state index in [1.807, 2.05) is 6.07 Å². The van der Waals surface area contributed by atoms with Gasteiger partial charge in [0, 0.05) is 12.0 Å². The monoisotopic (exact) mass is 272 g/mol. The molecule has 0 spiro atoms. The normalized spacial score (nSPS) is 15.1. The molecular weight excluding hydrogens is 244 g/mol. The van der Waals surface area contributed by atoms with E-state index in [-0.39, 0.29) is 0 Å². The summed E-state index contributed by atoms with van der Waals surface area (Å²) in [5.41, 5.74) is 2.31. The van der Waals surface area contributed by atoms with Crippen molar-refractivity contribution in [3.63, 3.8) is 0 Å². The molecule has 1 fully saturated rings. The first-order valence-corrected chi connectivity index (χ1v) is 8.44. The molecule has 0 aromatic heterocycles. The number of hydrogen-bond donors (Lipinski definition) is 0. The summed E-state index contributed by atoms with van der Waals surface area (Å²) in [6, 6.07) is 8.37. The number of benzene rings is 1. The lowest BCUT2D eigenvalue weighted by Gasteiger charge is -2.26. The van der Waals surface area contributed by atoms with Crippen molar-refractivity contribution in [1.29, 1.82) is 0 Å². The predicted octanol–water partition coefficient (Wildman–Crippen LogP) is 5.89. The summed E-state index contributed by atoms with van der Waals surface area (Å²) < 4.78 is 0. The van der Waals surface area contributed by atoms with Gasteiger partial charge < -0.3 is 0 Å². The Bertz CT molecular complexity index is 418. The van der Waals surface area contributed by atoms with Crippen LogP contribution >= 0.6 is 0 Å². The van der Waals surface area contributed by atoms with Crippen LogP contribution in [0.3, 0.4) is 0 Å². The average molecular weight is 272 g/mol. The predicted molar refractivity (Wildman–Crippen MR) is 85.4 cm³/mol. The van der Waals surface area contributed by atoms with Crippen molar-refractivity contribution >= 4 is 5.78 Å². The van der Waals surface area contributed by atoms with E-state index in [0.29, 0.717) is 5.78 Å². The molecule has 1 aliphatic rings. The minimum atomic E-state index is 0.335. The Hall–Kier alpha value is -1.11. The van der Waals surface area contributed by atoms with E-state index in [1.165, 1.54) is 56.9 Å². The fourth-order valence-corrected chi connectivity index (χ4v) is 2.92. The lowest BCUT2D eigenvalue weighted by molar-refractivity contribution is 0.0979. The van der Waals surface area contributed by atoms with Crippen LogP contribution in [0.15, 0.2) is 24.3 Å². The molecule has 1 aromatic rings. The van der Waals surface area contributed by atoms with Gasteiger partial charge in [-0.3, -0.25) is 4.79 Å². The van der Waals surface area contributed by atoms with Crippen molar-refractivity contribution in [2.45, 2.75) is 77.0 Å². The molecule has 0 atom stereocenters. The number of unbranched alkanes of at least 4 members (excludes halogenated alkanes) is 5. The van der Waals surface area contributed by atoms with Crippen LogP contribution in [0.1, 0.15) is 93.0 Å². The molecule has 0 amide bonds. The Kier molecular flexibility index (Phi) is 6.29. The Morgan fingerprint density at radius 3 is 2.55 bits per heavy atom. The first-order valence-electron chi connectivity index (χ1n) is 8.44. The molecule has 0 N–H and O–H groups in total. The second-order valence-corrected chi connectivity index (χ2v) is 6.19. The number of ketones is 1. The van der Waals surface area contributed by atoms with Crippen LogP contribution in [0, 0.1) is 0 Å². The topological polar surface area (TPSA) is 17.1 Å². The number of carbonyl (C=O) groups is 1. The van der Waals surface area contributed by atoms with E-state index < -0.39 is 0 Å². The third-order valence-corrected chi connectivity index (χ3v) is 4.54. The average Bonchev–Trinajstić information content (AvgIpc) is 2.41. The first-order chi connectivity index (χ1) is 9.81. The Morgan fingerprint density at radius 1 is 1.10 bits per heavy atom. The molecule has 1 nitrogen and oxygen atoms in total. The molecule has 1 aliphatic carbocycles. The zero-order chi connectivity index (χ0) is 14.2. The van der Waals surface area contributed by atoms with Gasteiger partial charge in [0.1, 0.15) is 0 Å². The Balaban J connectivity index is 1.74. The highest BCUT2D eigenvalue weighted by Crippen LogP contribution is 2.36. The van der Waals surface area contributed by atoms with E-state index in [4.69, 9.17) is 0 Å². The molecule has 2 rings (SSSR count). The summed E-state index contributed by atoms with van der Waals surface area (Å²) in [7, 11) is 0. The molecule has 0 aliphatic heterocycles. The SMILES string of the molecule is CCCCCCCCC(=O)c1cccc(C2CCC2)c1. The summed E-state index contributed by atoms with van der Waals surface area (Å²) in [5.74, 6) is 1.05. The second-order valence-electron chi connectivity index (χ2n) is 6.19. The van der Waals surface area contributed by atoms with Gasteiger partial charge >= 0.3 is 0 Å².